The molecule has 0 aromatic rings. The zero-order valence-corrected chi connectivity index (χ0v) is 50.7. The molecule has 0 saturated carbocycles. The smallest absolute Gasteiger partial charge is 0.462 e. The molecule has 77 heavy (non-hydrogen) atoms. The van der Waals surface area contributed by atoms with Crippen LogP contribution in [0.15, 0.2) is 0 Å². The lowest BCUT2D eigenvalue weighted by Gasteiger charge is -2.21. The molecule has 0 spiro atoms. The molecule has 0 saturated heterocycles. The Kier molecular flexibility index (Phi) is 52.0. The van der Waals surface area contributed by atoms with E-state index in [0.717, 1.165) is 96.3 Å². The van der Waals surface area contributed by atoms with Gasteiger partial charge in [0.1, 0.15) is 19.3 Å². The second-order valence-corrected chi connectivity index (χ2v) is 23.9. The van der Waals surface area contributed by atoms with Gasteiger partial charge in [-0.25, -0.2) is 9.13 Å². The molecule has 0 radical (unpaired) electrons. The molecule has 3 N–H and O–H groups in total. The van der Waals surface area contributed by atoms with Crippen LogP contribution in [0, 0.1) is 0 Å². The molecule has 5 atom stereocenters. The molecule has 0 aromatic heterocycles. The lowest BCUT2D eigenvalue weighted by molar-refractivity contribution is -0.161. The molecule has 0 heterocycles. The quantitative estimate of drug-likeness (QED) is 0.0222. The van der Waals surface area contributed by atoms with Crippen LogP contribution in [0.2, 0.25) is 0 Å². The number of ether oxygens (including phenoxy) is 4. The van der Waals surface area contributed by atoms with Gasteiger partial charge in [-0.15, -0.1) is 0 Å². The van der Waals surface area contributed by atoms with Crippen molar-refractivity contribution in [1.82, 2.24) is 0 Å². The third kappa shape index (κ3) is 53.2. The molecule has 0 amide bonds. The molecule has 0 aromatic carbocycles. The summed E-state index contributed by atoms with van der Waals surface area (Å²) in [7, 11) is -9.85. The number of aliphatic hydroxyl groups is 1. The van der Waals surface area contributed by atoms with E-state index in [1.807, 2.05) is 6.92 Å². The summed E-state index contributed by atoms with van der Waals surface area (Å²) in [6, 6.07) is 0. The van der Waals surface area contributed by atoms with Crippen molar-refractivity contribution in [2.45, 2.75) is 309 Å². The number of carbonyl (C=O) groups excluding carboxylic acids is 4. The monoisotopic (exact) mass is 1140 g/mol. The molecule has 17 nitrogen and oxygen atoms in total. The molecule has 19 heteroatoms. The summed E-state index contributed by atoms with van der Waals surface area (Å²) >= 11 is 0. The zero-order valence-electron chi connectivity index (χ0n) is 48.9. The van der Waals surface area contributed by atoms with E-state index in [2.05, 4.69) is 20.8 Å². The summed E-state index contributed by atoms with van der Waals surface area (Å²) in [4.78, 5) is 71.3. The maximum atomic E-state index is 12.9. The topological polar surface area (TPSA) is 237 Å². The summed E-state index contributed by atoms with van der Waals surface area (Å²) in [5.74, 6) is -2.17. The van der Waals surface area contributed by atoms with E-state index in [1.54, 1.807) is 0 Å². The highest BCUT2D eigenvalue weighted by Crippen LogP contribution is 2.45. The van der Waals surface area contributed by atoms with Crippen LogP contribution in [-0.2, 0) is 65.4 Å². The fourth-order valence-electron chi connectivity index (χ4n) is 8.57. The van der Waals surface area contributed by atoms with Gasteiger partial charge in [0.2, 0.25) is 0 Å². The van der Waals surface area contributed by atoms with E-state index < -0.39 is 97.5 Å². The van der Waals surface area contributed by atoms with Gasteiger partial charge in [-0.2, -0.15) is 0 Å². The summed E-state index contributed by atoms with van der Waals surface area (Å²) in [5.41, 5.74) is 0. The molecule has 0 bridgehead atoms. The van der Waals surface area contributed by atoms with Crippen molar-refractivity contribution in [2.24, 2.45) is 0 Å². The molecular formula is C58H112O17P2. The standard InChI is InChI=1S/C58H112O17P2/c1-5-9-13-16-19-21-23-25-26-28-30-32-34-37-40-44-57(62)74-53(48-68-55(60)42-38-12-8-4)50-72-76(64,65)70-46-52(59)47-71-77(66,67)73-51-54(49-69-56(61)43-39-35-18-15-11-7-3)75-58(63)45-41-36-33-31-29-27-24-22-20-17-14-10-6-2/h52-54,59H,5-51H2,1-4H3,(H,64,65)(H,66,67)/t52-,53+,54+/m0/s1. The van der Waals surface area contributed by atoms with Crippen LogP contribution < -0.4 is 0 Å². The summed E-state index contributed by atoms with van der Waals surface area (Å²) < 4.78 is 67.3. The van der Waals surface area contributed by atoms with E-state index >= 15 is 0 Å². The van der Waals surface area contributed by atoms with Gasteiger partial charge in [0.15, 0.2) is 12.2 Å². The van der Waals surface area contributed by atoms with Crippen molar-refractivity contribution in [3.63, 3.8) is 0 Å². The number of hydrogen-bond acceptors (Lipinski definition) is 15. The zero-order chi connectivity index (χ0) is 56.9. The van der Waals surface area contributed by atoms with Crippen LogP contribution in [0.3, 0.4) is 0 Å². The van der Waals surface area contributed by atoms with Crippen molar-refractivity contribution in [3.05, 3.63) is 0 Å². The number of rotatable bonds is 59. The van der Waals surface area contributed by atoms with E-state index in [-0.39, 0.29) is 25.7 Å². The normalized spacial score (nSPS) is 14.3. The van der Waals surface area contributed by atoms with E-state index in [4.69, 9.17) is 37.0 Å². The fraction of sp³-hybridized carbons (Fsp3) is 0.931. The van der Waals surface area contributed by atoms with Crippen LogP contribution in [0.4, 0.5) is 0 Å². The van der Waals surface area contributed by atoms with Crippen LogP contribution in [0.25, 0.3) is 0 Å². The average Bonchev–Trinajstić information content (AvgIpc) is 3.40. The highest BCUT2D eigenvalue weighted by atomic mass is 31.2. The van der Waals surface area contributed by atoms with Gasteiger partial charge < -0.3 is 33.8 Å². The van der Waals surface area contributed by atoms with Gasteiger partial charge in [-0.05, 0) is 25.7 Å². The molecule has 0 aliphatic heterocycles. The Balaban J connectivity index is 5.01. The van der Waals surface area contributed by atoms with Gasteiger partial charge in [-0.1, -0.05) is 240 Å². The first-order chi connectivity index (χ1) is 37.2. The maximum Gasteiger partial charge on any atom is 0.472 e. The van der Waals surface area contributed by atoms with Crippen molar-refractivity contribution in [3.8, 4) is 0 Å². The summed E-state index contributed by atoms with van der Waals surface area (Å²) in [6.07, 6.45) is 37.2. The summed E-state index contributed by atoms with van der Waals surface area (Å²) in [5, 5.41) is 10.4. The molecule has 456 valence electrons. The van der Waals surface area contributed by atoms with Crippen molar-refractivity contribution >= 4 is 39.5 Å². The highest BCUT2D eigenvalue weighted by molar-refractivity contribution is 7.47. The Hall–Kier alpha value is -1.94. The first-order valence-corrected chi connectivity index (χ1v) is 33.8. The minimum Gasteiger partial charge on any atom is -0.462 e. The van der Waals surface area contributed by atoms with Crippen LogP contribution in [-0.4, -0.2) is 96.7 Å². The first-order valence-electron chi connectivity index (χ1n) is 30.8. The maximum absolute atomic E-state index is 12.9. The number of aliphatic hydroxyl groups excluding tert-OH is 1. The van der Waals surface area contributed by atoms with Crippen LogP contribution >= 0.6 is 15.6 Å². The van der Waals surface area contributed by atoms with E-state index in [1.165, 1.54) is 116 Å². The predicted molar refractivity (Wildman–Crippen MR) is 303 cm³/mol. The van der Waals surface area contributed by atoms with Gasteiger partial charge in [-0.3, -0.25) is 37.3 Å². The van der Waals surface area contributed by atoms with Crippen molar-refractivity contribution in [2.75, 3.05) is 39.6 Å². The van der Waals surface area contributed by atoms with E-state index in [0.29, 0.717) is 25.7 Å². The van der Waals surface area contributed by atoms with E-state index in [9.17, 15) is 43.2 Å². The average molecular weight is 1140 g/mol. The lowest BCUT2D eigenvalue weighted by atomic mass is 10.0. The second-order valence-electron chi connectivity index (χ2n) is 21.0. The Bertz CT molecular complexity index is 1500. The third-order valence-corrected chi connectivity index (χ3v) is 15.3. The lowest BCUT2D eigenvalue weighted by Crippen LogP contribution is -2.30. The number of phosphoric ester groups is 2. The molecule has 0 aliphatic carbocycles. The highest BCUT2D eigenvalue weighted by Gasteiger charge is 2.30. The Morgan fingerprint density at radius 2 is 0.519 bits per heavy atom. The van der Waals surface area contributed by atoms with Gasteiger partial charge >= 0.3 is 39.5 Å². The van der Waals surface area contributed by atoms with Crippen LogP contribution in [0.1, 0.15) is 291 Å². The first kappa shape index (κ1) is 75.1. The Morgan fingerprint density at radius 1 is 0.312 bits per heavy atom. The van der Waals surface area contributed by atoms with Gasteiger partial charge in [0.05, 0.1) is 26.4 Å². The van der Waals surface area contributed by atoms with Crippen molar-refractivity contribution in [1.29, 1.82) is 0 Å². The SMILES string of the molecule is CCCCCCCCCCCCCCCCCC(=O)O[C@H](COC(=O)CCCCC)COP(=O)(O)OC[C@H](O)COP(=O)(O)OC[C@@H](COC(=O)CCCCCCCC)OC(=O)CCCCCCCCCCCCCCC. The minimum absolute atomic E-state index is 0.106. The Morgan fingerprint density at radius 3 is 0.792 bits per heavy atom. The number of hydrogen-bond donors (Lipinski definition) is 3. The number of unbranched alkanes of at least 4 members (excludes halogenated alkanes) is 33. The summed E-state index contributed by atoms with van der Waals surface area (Å²) in [6.45, 7) is 4.62. The molecule has 0 fully saturated rings. The van der Waals surface area contributed by atoms with Gasteiger partial charge in [0.25, 0.3) is 0 Å². The molecule has 0 aliphatic rings. The molecular weight excluding hydrogens is 1030 g/mol. The largest absolute Gasteiger partial charge is 0.472 e. The Labute approximate surface area is 467 Å². The fourth-order valence-corrected chi connectivity index (χ4v) is 10.2. The number of carbonyl (C=O) groups is 4. The predicted octanol–water partition coefficient (Wildman–Crippen LogP) is 15.6. The van der Waals surface area contributed by atoms with Crippen molar-refractivity contribution < 1.29 is 80.2 Å². The number of phosphoric acid groups is 2. The van der Waals surface area contributed by atoms with Crippen LogP contribution in [0.5, 0.6) is 0 Å². The molecule has 2 unspecified atom stereocenters. The van der Waals surface area contributed by atoms with Gasteiger partial charge in [0, 0.05) is 25.7 Å². The second kappa shape index (κ2) is 53.4. The number of esters is 4. The minimum atomic E-state index is -4.93. The third-order valence-electron chi connectivity index (χ3n) is 13.4. The molecule has 0 rings (SSSR count).